The summed E-state index contributed by atoms with van der Waals surface area (Å²) in [5.74, 6) is -0.294. The molecule has 2 rings (SSSR count). The molecule has 96 valence electrons. The highest BCUT2D eigenvalue weighted by atomic mass is 79.9. The minimum Gasteiger partial charge on any atom is -0.383 e. The fraction of sp³-hybridized carbons (Fsp3) is 0.333. The molecule has 0 radical (unpaired) electrons. The van der Waals surface area contributed by atoms with Gasteiger partial charge in [-0.25, -0.2) is 4.39 Å². The fourth-order valence-electron chi connectivity index (χ4n) is 1.66. The summed E-state index contributed by atoms with van der Waals surface area (Å²) in [7, 11) is 0. The molecule has 1 atom stereocenters. The van der Waals surface area contributed by atoms with Crippen molar-refractivity contribution in [2.45, 2.75) is 25.9 Å². The maximum Gasteiger partial charge on any atom is 0.129 e. The number of benzene rings is 1. The van der Waals surface area contributed by atoms with E-state index in [-0.39, 0.29) is 11.5 Å². The Bertz CT molecular complexity index is 559. The average molecular weight is 331 g/mol. The molecule has 1 heterocycles. The van der Waals surface area contributed by atoms with Gasteiger partial charge >= 0.3 is 0 Å². The minimum absolute atomic E-state index is 0.142. The first-order valence-corrected chi connectivity index (χ1v) is 7.02. The highest BCUT2D eigenvalue weighted by molar-refractivity contribution is 9.10. The summed E-state index contributed by atoms with van der Waals surface area (Å²) in [5, 5.41) is 14.3. The number of hydrogen-bond donors (Lipinski definition) is 1. The molecule has 0 bridgehead atoms. The van der Waals surface area contributed by atoms with Crippen LogP contribution in [0.5, 0.6) is 0 Å². The van der Waals surface area contributed by atoms with Crippen molar-refractivity contribution >= 4 is 27.5 Å². The first-order chi connectivity index (χ1) is 8.50. The van der Waals surface area contributed by atoms with Crippen LogP contribution in [0.2, 0.25) is 0 Å². The molecule has 6 heteroatoms. The van der Waals surface area contributed by atoms with E-state index in [4.69, 9.17) is 0 Å². The molecule has 0 aliphatic rings. The molecule has 0 spiro atoms. The summed E-state index contributed by atoms with van der Waals surface area (Å²) in [5.41, 5.74) is 0.948. The zero-order valence-corrected chi connectivity index (χ0v) is 12.3. The quantitative estimate of drug-likeness (QED) is 0.934. The maximum atomic E-state index is 13.7. The number of halogens is 2. The molecule has 0 fully saturated rings. The van der Waals surface area contributed by atoms with Crippen molar-refractivity contribution in [1.82, 2.24) is 9.59 Å². The van der Waals surface area contributed by atoms with Crippen LogP contribution < -0.4 is 0 Å². The number of aromatic nitrogens is 2. The second-order valence-electron chi connectivity index (χ2n) is 4.25. The molecule has 0 aliphatic carbocycles. The lowest BCUT2D eigenvalue weighted by molar-refractivity contribution is 0.217. The Morgan fingerprint density at radius 1 is 1.39 bits per heavy atom. The highest BCUT2D eigenvalue weighted by Gasteiger charge is 2.23. The standard InChI is InChI=1S/C12H12BrFN2OS/c1-6(2)10-12(18-16-15-10)11(17)8-5-7(13)3-4-9(8)14/h3-6,11,17H,1-2H3. The topological polar surface area (TPSA) is 46.0 Å². The number of rotatable bonds is 3. The van der Waals surface area contributed by atoms with Crippen LogP contribution in [0.25, 0.3) is 0 Å². The van der Waals surface area contributed by atoms with E-state index in [0.29, 0.717) is 10.6 Å². The number of aliphatic hydroxyl groups excluding tert-OH is 1. The minimum atomic E-state index is -1.03. The molecule has 0 amide bonds. The third kappa shape index (κ3) is 2.60. The Hall–Kier alpha value is -0.850. The van der Waals surface area contributed by atoms with Crippen molar-refractivity contribution in [2.24, 2.45) is 0 Å². The van der Waals surface area contributed by atoms with E-state index in [9.17, 15) is 9.50 Å². The average Bonchev–Trinajstić information content (AvgIpc) is 2.80. The van der Waals surface area contributed by atoms with Gasteiger partial charge in [0.05, 0.1) is 10.6 Å². The van der Waals surface area contributed by atoms with E-state index in [1.165, 1.54) is 6.07 Å². The lowest BCUT2D eigenvalue weighted by Crippen LogP contribution is -2.05. The van der Waals surface area contributed by atoms with Gasteiger partial charge in [0.1, 0.15) is 11.9 Å². The molecule has 2 aromatic rings. The van der Waals surface area contributed by atoms with Crippen molar-refractivity contribution in [3.8, 4) is 0 Å². The predicted molar refractivity (Wildman–Crippen MR) is 72.2 cm³/mol. The van der Waals surface area contributed by atoms with Crippen molar-refractivity contribution < 1.29 is 9.50 Å². The van der Waals surface area contributed by atoms with E-state index >= 15 is 0 Å². The molecular formula is C12H12BrFN2OS. The SMILES string of the molecule is CC(C)c1nnsc1C(O)c1cc(Br)ccc1F. The molecule has 1 N–H and O–H groups in total. The third-order valence-corrected chi connectivity index (χ3v) is 3.87. The van der Waals surface area contributed by atoms with E-state index in [1.807, 2.05) is 13.8 Å². The summed E-state index contributed by atoms with van der Waals surface area (Å²) in [6.07, 6.45) is -1.03. The normalized spacial score (nSPS) is 13.0. The zero-order valence-electron chi connectivity index (χ0n) is 9.89. The predicted octanol–water partition coefficient (Wildman–Crippen LogP) is 3.64. The smallest absolute Gasteiger partial charge is 0.129 e. The van der Waals surface area contributed by atoms with Crippen LogP contribution in [0.15, 0.2) is 22.7 Å². The summed E-state index contributed by atoms with van der Waals surface area (Å²) < 4.78 is 18.3. The van der Waals surface area contributed by atoms with Crippen LogP contribution in [0.1, 0.15) is 42.0 Å². The summed E-state index contributed by atoms with van der Waals surface area (Å²) in [6, 6.07) is 4.50. The lowest BCUT2D eigenvalue weighted by atomic mass is 10.0. The van der Waals surface area contributed by atoms with E-state index in [1.54, 1.807) is 12.1 Å². The van der Waals surface area contributed by atoms with E-state index < -0.39 is 11.9 Å². The van der Waals surface area contributed by atoms with Gasteiger partial charge in [0.25, 0.3) is 0 Å². The molecule has 0 aliphatic heterocycles. The molecule has 0 saturated carbocycles. The van der Waals surface area contributed by atoms with Gasteiger partial charge in [0.15, 0.2) is 0 Å². The third-order valence-electron chi connectivity index (χ3n) is 2.59. The van der Waals surface area contributed by atoms with Gasteiger partial charge in [-0.2, -0.15) is 0 Å². The molecule has 1 aromatic carbocycles. The van der Waals surface area contributed by atoms with Gasteiger partial charge in [-0.05, 0) is 35.6 Å². The summed E-state index contributed by atoms with van der Waals surface area (Å²) in [4.78, 5) is 0.599. The van der Waals surface area contributed by atoms with E-state index in [0.717, 1.165) is 16.0 Å². The Morgan fingerprint density at radius 2 is 2.11 bits per heavy atom. The molecule has 1 unspecified atom stereocenters. The summed E-state index contributed by atoms with van der Waals surface area (Å²) in [6.45, 7) is 3.93. The Morgan fingerprint density at radius 3 is 2.78 bits per heavy atom. The van der Waals surface area contributed by atoms with Gasteiger partial charge in [-0.3, -0.25) is 0 Å². The largest absolute Gasteiger partial charge is 0.383 e. The summed E-state index contributed by atoms with van der Waals surface area (Å²) >= 11 is 4.37. The molecule has 3 nitrogen and oxygen atoms in total. The number of aliphatic hydroxyl groups is 1. The van der Waals surface area contributed by atoms with Crippen LogP contribution in [0, 0.1) is 5.82 Å². The monoisotopic (exact) mass is 330 g/mol. The molecular weight excluding hydrogens is 319 g/mol. The maximum absolute atomic E-state index is 13.7. The highest BCUT2D eigenvalue weighted by Crippen LogP contribution is 2.32. The van der Waals surface area contributed by atoms with Crippen LogP contribution in [-0.4, -0.2) is 14.7 Å². The van der Waals surface area contributed by atoms with Crippen molar-refractivity contribution in [3.63, 3.8) is 0 Å². The lowest BCUT2D eigenvalue weighted by Gasteiger charge is -2.12. The molecule has 0 saturated heterocycles. The van der Waals surface area contributed by atoms with Gasteiger partial charge < -0.3 is 5.11 Å². The van der Waals surface area contributed by atoms with Gasteiger partial charge in [0.2, 0.25) is 0 Å². The number of nitrogens with zero attached hydrogens (tertiary/aromatic N) is 2. The van der Waals surface area contributed by atoms with Crippen LogP contribution in [0.3, 0.4) is 0 Å². The van der Waals surface area contributed by atoms with E-state index in [2.05, 4.69) is 25.5 Å². The van der Waals surface area contributed by atoms with Crippen LogP contribution >= 0.6 is 27.5 Å². The van der Waals surface area contributed by atoms with Crippen molar-refractivity contribution in [3.05, 3.63) is 44.6 Å². The molecule has 1 aromatic heterocycles. The van der Waals surface area contributed by atoms with Crippen molar-refractivity contribution in [2.75, 3.05) is 0 Å². The van der Waals surface area contributed by atoms with Crippen LogP contribution in [0.4, 0.5) is 4.39 Å². The van der Waals surface area contributed by atoms with Crippen LogP contribution in [-0.2, 0) is 0 Å². The second kappa shape index (κ2) is 5.42. The molecule has 18 heavy (non-hydrogen) atoms. The Balaban J connectivity index is 2.44. The second-order valence-corrected chi connectivity index (χ2v) is 5.95. The fourth-order valence-corrected chi connectivity index (χ4v) is 2.85. The van der Waals surface area contributed by atoms with Gasteiger partial charge in [0, 0.05) is 10.0 Å². The number of hydrogen-bond acceptors (Lipinski definition) is 4. The first-order valence-electron chi connectivity index (χ1n) is 5.46. The van der Waals surface area contributed by atoms with Gasteiger partial charge in [-0.15, -0.1) is 5.10 Å². The first kappa shape index (κ1) is 13.6. The van der Waals surface area contributed by atoms with Crippen molar-refractivity contribution in [1.29, 1.82) is 0 Å². The Kier molecular flexibility index (Phi) is 4.09. The Labute approximate surface area is 117 Å². The van der Waals surface area contributed by atoms with Gasteiger partial charge in [-0.1, -0.05) is 34.3 Å². The zero-order chi connectivity index (χ0) is 13.3.